The van der Waals surface area contributed by atoms with Crippen molar-refractivity contribution in [2.45, 2.75) is 63.0 Å². The van der Waals surface area contributed by atoms with E-state index in [0.717, 1.165) is 42.8 Å². The van der Waals surface area contributed by atoms with Gasteiger partial charge < -0.3 is 14.6 Å². The zero-order valence-corrected chi connectivity index (χ0v) is 17.3. The molecule has 0 spiro atoms. The lowest BCUT2D eigenvalue weighted by atomic mass is 10.2. The molecule has 28 heavy (non-hydrogen) atoms. The van der Waals surface area contributed by atoms with E-state index >= 15 is 0 Å². The summed E-state index contributed by atoms with van der Waals surface area (Å²) >= 11 is 1.44. The second kappa shape index (κ2) is 9.23. The summed E-state index contributed by atoms with van der Waals surface area (Å²) in [5, 5.41) is 3.74. The minimum Gasteiger partial charge on any atom is -0.491 e. The third kappa shape index (κ3) is 5.34. The molecule has 7 nitrogen and oxygen atoms in total. The average Bonchev–Trinajstić information content (AvgIpc) is 3.13. The molecule has 1 aliphatic rings. The number of pyridine rings is 1. The molecule has 0 aliphatic heterocycles. The van der Waals surface area contributed by atoms with Crippen LogP contribution in [0, 0.1) is 13.8 Å². The number of aryl methyl sites for hydroxylation is 2. The van der Waals surface area contributed by atoms with Crippen molar-refractivity contribution < 1.29 is 9.53 Å². The lowest BCUT2D eigenvalue weighted by molar-refractivity contribution is -0.122. The number of methoxy groups -OCH3 is 1. The van der Waals surface area contributed by atoms with E-state index in [-0.39, 0.29) is 29.7 Å². The monoisotopic (exact) mass is 402 g/mol. The molecule has 0 radical (unpaired) electrons. The fourth-order valence-electron chi connectivity index (χ4n) is 3.41. The summed E-state index contributed by atoms with van der Waals surface area (Å²) in [6.07, 6.45) is 6.00. The first-order chi connectivity index (χ1) is 13.4. The first kappa shape index (κ1) is 20.4. The zero-order valence-electron chi connectivity index (χ0n) is 16.5. The Hall–Kier alpha value is -2.35. The van der Waals surface area contributed by atoms with Crippen molar-refractivity contribution in [3.05, 3.63) is 45.6 Å². The van der Waals surface area contributed by atoms with E-state index < -0.39 is 0 Å². The van der Waals surface area contributed by atoms with Gasteiger partial charge in [-0.3, -0.25) is 9.59 Å². The first-order valence-corrected chi connectivity index (χ1v) is 10.4. The Bertz CT molecular complexity index is 887. The molecule has 1 amide bonds. The van der Waals surface area contributed by atoms with Crippen LogP contribution < -0.4 is 15.5 Å². The second-order valence-electron chi connectivity index (χ2n) is 7.10. The van der Waals surface area contributed by atoms with Gasteiger partial charge in [-0.1, -0.05) is 24.6 Å². The van der Waals surface area contributed by atoms with Gasteiger partial charge in [-0.2, -0.15) is 0 Å². The number of carbonyl (C=O) groups is 1. The number of rotatable bonds is 7. The van der Waals surface area contributed by atoms with E-state index in [4.69, 9.17) is 4.74 Å². The molecule has 0 saturated heterocycles. The van der Waals surface area contributed by atoms with Crippen LogP contribution >= 0.6 is 11.8 Å². The van der Waals surface area contributed by atoms with Crippen molar-refractivity contribution in [3.63, 3.8) is 0 Å². The Morgan fingerprint density at radius 2 is 1.93 bits per heavy atom. The van der Waals surface area contributed by atoms with Crippen molar-refractivity contribution in [1.82, 2.24) is 19.9 Å². The van der Waals surface area contributed by atoms with E-state index in [1.807, 2.05) is 19.9 Å². The fraction of sp³-hybridized carbons (Fsp3) is 0.500. The van der Waals surface area contributed by atoms with E-state index in [0.29, 0.717) is 10.9 Å². The van der Waals surface area contributed by atoms with Gasteiger partial charge in [0.15, 0.2) is 10.9 Å². The zero-order chi connectivity index (χ0) is 20.1. The number of nitrogens with one attached hydrogen (secondary N) is 1. The number of nitrogens with zero attached hydrogens (tertiary/aromatic N) is 3. The third-order valence-corrected chi connectivity index (χ3v) is 5.63. The molecular weight excluding hydrogens is 376 g/mol. The van der Waals surface area contributed by atoms with Gasteiger partial charge in [-0.15, -0.1) is 0 Å². The number of amides is 1. The summed E-state index contributed by atoms with van der Waals surface area (Å²) in [6, 6.07) is 3.70. The van der Waals surface area contributed by atoms with Crippen LogP contribution in [0.25, 0.3) is 0 Å². The predicted octanol–water partition coefficient (Wildman–Crippen LogP) is 2.61. The Labute approximate surface area is 168 Å². The quantitative estimate of drug-likeness (QED) is 0.566. The Morgan fingerprint density at radius 1 is 1.25 bits per heavy atom. The van der Waals surface area contributed by atoms with Crippen molar-refractivity contribution in [3.8, 4) is 5.75 Å². The summed E-state index contributed by atoms with van der Waals surface area (Å²) in [6.45, 7) is 4.00. The van der Waals surface area contributed by atoms with Crippen molar-refractivity contribution in [1.29, 1.82) is 0 Å². The van der Waals surface area contributed by atoms with Crippen LogP contribution in [-0.4, -0.2) is 33.6 Å². The average molecular weight is 403 g/mol. The van der Waals surface area contributed by atoms with Gasteiger partial charge in [0.25, 0.3) is 0 Å². The van der Waals surface area contributed by atoms with Gasteiger partial charge in [-0.25, -0.2) is 9.97 Å². The lowest BCUT2D eigenvalue weighted by Crippen LogP contribution is -2.35. The van der Waals surface area contributed by atoms with Crippen LogP contribution in [0.2, 0.25) is 0 Å². The maximum Gasteiger partial charge on any atom is 0.240 e. The molecule has 2 heterocycles. The molecule has 1 N–H and O–H groups in total. The maximum atomic E-state index is 12.5. The summed E-state index contributed by atoms with van der Waals surface area (Å²) in [5.74, 6) is 0.662. The molecule has 150 valence electrons. The van der Waals surface area contributed by atoms with Gasteiger partial charge in [0.05, 0.1) is 13.3 Å². The maximum absolute atomic E-state index is 12.5. The molecule has 1 fully saturated rings. The molecule has 0 unspecified atom stereocenters. The summed E-state index contributed by atoms with van der Waals surface area (Å²) in [4.78, 5) is 33.6. The molecule has 0 bridgehead atoms. The largest absolute Gasteiger partial charge is 0.491 e. The van der Waals surface area contributed by atoms with Crippen molar-refractivity contribution >= 4 is 17.7 Å². The number of aromatic nitrogens is 3. The molecule has 2 aromatic heterocycles. The van der Waals surface area contributed by atoms with Crippen LogP contribution in [-0.2, 0) is 17.1 Å². The fourth-order valence-corrected chi connectivity index (χ4v) is 4.36. The summed E-state index contributed by atoms with van der Waals surface area (Å²) in [5.41, 5.74) is 2.34. The smallest absolute Gasteiger partial charge is 0.240 e. The molecule has 1 aliphatic carbocycles. The predicted molar refractivity (Wildman–Crippen MR) is 109 cm³/mol. The van der Waals surface area contributed by atoms with Crippen LogP contribution in [0.4, 0.5) is 0 Å². The van der Waals surface area contributed by atoms with Crippen LogP contribution in [0.5, 0.6) is 5.75 Å². The third-order valence-electron chi connectivity index (χ3n) is 4.75. The normalized spacial score (nSPS) is 14.2. The molecule has 0 aromatic carbocycles. The Balaban J connectivity index is 1.77. The van der Waals surface area contributed by atoms with Gasteiger partial charge >= 0.3 is 0 Å². The molecule has 0 atom stereocenters. The second-order valence-corrected chi connectivity index (χ2v) is 8.04. The molecule has 2 aromatic rings. The van der Waals surface area contributed by atoms with E-state index in [2.05, 4.69) is 15.3 Å². The first-order valence-electron chi connectivity index (χ1n) is 9.46. The van der Waals surface area contributed by atoms with Gasteiger partial charge in [0, 0.05) is 34.9 Å². The highest BCUT2D eigenvalue weighted by atomic mass is 32.2. The summed E-state index contributed by atoms with van der Waals surface area (Å²) in [7, 11) is 1.46. The highest BCUT2D eigenvalue weighted by Crippen LogP contribution is 2.21. The SMILES string of the molecule is COc1cn(CC(=O)NC2CCCC2)c(CSc2nc(C)cc(C)n2)cc1=O. The van der Waals surface area contributed by atoms with E-state index in [1.165, 1.54) is 24.9 Å². The Kier molecular flexibility index (Phi) is 6.72. The standard InChI is InChI=1S/C20H26N4O3S/c1-13-8-14(2)22-20(21-13)28-12-16-9-17(25)18(27-3)10-24(16)11-19(26)23-15-6-4-5-7-15/h8-10,15H,4-7,11-12H2,1-3H3,(H,23,26). The highest BCUT2D eigenvalue weighted by Gasteiger charge is 2.18. The minimum absolute atomic E-state index is 0.0495. The molecule has 1 saturated carbocycles. The van der Waals surface area contributed by atoms with Crippen molar-refractivity contribution in [2.24, 2.45) is 0 Å². The van der Waals surface area contributed by atoms with Crippen LogP contribution in [0.1, 0.15) is 42.8 Å². The summed E-state index contributed by atoms with van der Waals surface area (Å²) < 4.78 is 6.93. The van der Waals surface area contributed by atoms with E-state index in [9.17, 15) is 9.59 Å². The number of hydrogen-bond acceptors (Lipinski definition) is 6. The number of ether oxygens (including phenoxy) is 1. The topological polar surface area (TPSA) is 86.1 Å². The van der Waals surface area contributed by atoms with Gasteiger partial charge in [0.1, 0.15) is 6.54 Å². The lowest BCUT2D eigenvalue weighted by Gasteiger charge is -2.17. The number of carbonyl (C=O) groups excluding carboxylic acids is 1. The van der Waals surface area contributed by atoms with Crippen molar-refractivity contribution in [2.75, 3.05) is 7.11 Å². The molecule has 8 heteroatoms. The van der Waals surface area contributed by atoms with Crippen LogP contribution in [0.15, 0.2) is 28.3 Å². The molecular formula is C20H26N4O3S. The number of thioether (sulfide) groups is 1. The minimum atomic E-state index is -0.202. The van der Waals surface area contributed by atoms with Crippen LogP contribution in [0.3, 0.4) is 0 Å². The molecule has 3 rings (SSSR count). The van der Waals surface area contributed by atoms with Gasteiger partial charge in [-0.05, 0) is 32.8 Å². The van der Waals surface area contributed by atoms with E-state index in [1.54, 1.807) is 10.8 Å². The van der Waals surface area contributed by atoms with Gasteiger partial charge in [0.2, 0.25) is 11.3 Å². The number of hydrogen-bond donors (Lipinski definition) is 1. The Morgan fingerprint density at radius 3 is 2.57 bits per heavy atom. The highest BCUT2D eigenvalue weighted by molar-refractivity contribution is 7.98.